The van der Waals surface area contributed by atoms with Gasteiger partial charge in [0.05, 0.1) is 17.3 Å². The molecule has 1 unspecified atom stereocenters. The summed E-state index contributed by atoms with van der Waals surface area (Å²) in [6, 6.07) is 11.5. The Morgan fingerprint density at radius 3 is 2.93 bits per heavy atom. The van der Waals surface area contributed by atoms with Gasteiger partial charge in [-0.25, -0.2) is 14.4 Å². The summed E-state index contributed by atoms with van der Waals surface area (Å²) < 4.78 is 21.0. The average molecular weight is 411 g/mol. The molecule has 1 atom stereocenters. The van der Waals surface area contributed by atoms with Crippen LogP contribution in [-0.2, 0) is 0 Å². The molecular formula is C21H16ClFN4O2. The number of benzene rings is 1. The number of likely N-dealkylation sites (tertiary alicyclic amines) is 1. The first kappa shape index (κ1) is 17.9. The Hall–Kier alpha value is -3.19. The zero-order chi connectivity index (χ0) is 20.0. The summed E-state index contributed by atoms with van der Waals surface area (Å²) in [4.78, 5) is 23.8. The van der Waals surface area contributed by atoms with Crippen LogP contribution in [0.25, 0.3) is 22.7 Å². The molecule has 0 N–H and O–H groups in total. The van der Waals surface area contributed by atoms with E-state index in [0.29, 0.717) is 30.2 Å². The number of furan rings is 1. The molecule has 1 aliphatic heterocycles. The molecule has 1 fully saturated rings. The number of rotatable bonds is 3. The lowest BCUT2D eigenvalue weighted by molar-refractivity contribution is 0.0788. The van der Waals surface area contributed by atoms with Crippen LogP contribution in [0, 0.1) is 5.82 Å². The Bertz CT molecular complexity index is 1200. The van der Waals surface area contributed by atoms with Crippen molar-refractivity contribution in [3.8, 4) is 11.6 Å². The van der Waals surface area contributed by atoms with Gasteiger partial charge in [-0.3, -0.25) is 4.79 Å². The summed E-state index contributed by atoms with van der Waals surface area (Å²) in [6.45, 7) is 1.06. The van der Waals surface area contributed by atoms with E-state index in [1.165, 1.54) is 18.2 Å². The van der Waals surface area contributed by atoms with Gasteiger partial charge in [0.1, 0.15) is 11.3 Å². The van der Waals surface area contributed by atoms with E-state index in [0.717, 1.165) is 17.6 Å². The highest BCUT2D eigenvalue weighted by atomic mass is 35.5. The number of fused-ring (bicyclic) bond motifs is 1. The Kier molecular flexibility index (Phi) is 4.32. The predicted molar refractivity (Wildman–Crippen MR) is 106 cm³/mol. The monoisotopic (exact) mass is 410 g/mol. The molecule has 1 saturated heterocycles. The third-order valence-corrected chi connectivity index (χ3v) is 5.46. The van der Waals surface area contributed by atoms with E-state index in [-0.39, 0.29) is 17.0 Å². The zero-order valence-corrected chi connectivity index (χ0v) is 16.0. The lowest BCUT2D eigenvalue weighted by atomic mass is 10.2. The molecule has 0 aliphatic carbocycles. The van der Waals surface area contributed by atoms with Gasteiger partial charge in [-0.15, -0.1) is 0 Å². The van der Waals surface area contributed by atoms with Crippen molar-refractivity contribution in [2.75, 3.05) is 13.1 Å². The summed E-state index contributed by atoms with van der Waals surface area (Å²) in [5, 5.41) is -0.0588. The summed E-state index contributed by atoms with van der Waals surface area (Å²) in [7, 11) is 0. The van der Waals surface area contributed by atoms with Crippen LogP contribution in [0.2, 0.25) is 5.02 Å². The molecule has 4 aromatic rings. The SMILES string of the molecule is O=C(c1ccc(F)c(Cl)c1)N1CCC(n2c(-c3ccco3)nc3cccnc32)C1. The second-order valence-corrected chi connectivity index (χ2v) is 7.36. The van der Waals surface area contributed by atoms with Crippen molar-refractivity contribution in [2.45, 2.75) is 12.5 Å². The average Bonchev–Trinajstić information content (AvgIpc) is 3.47. The number of imidazole rings is 1. The van der Waals surface area contributed by atoms with E-state index in [1.54, 1.807) is 17.4 Å². The second kappa shape index (κ2) is 7.00. The molecule has 8 heteroatoms. The maximum atomic E-state index is 13.4. The Labute approximate surface area is 170 Å². The van der Waals surface area contributed by atoms with Gasteiger partial charge in [-0.2, -0.15) is 0 Å². The summed E-state index contributed by atoms with van der Waals surface area (Å²) in [5.41, 5.74) is 1.90. The van der Waals surface area contributed by atoms with Crippen molar-refractivity contribution < 1.29 is 13.6 Å². The highest BCUT2D eigenvalue weighted by molar-refractivity contribution is 6.31. The van der Waals surface area contributed by atoms with Crippen LogP contribution in [0.15, 0.2) is 59.3 Å². The van der Waals surface area contributed by atoms with Gasteiger partial charge < -0.3 is 13.9 Å². The molecule has 1 aromatic carbocycles. The topological polar surface area (TPSA) is 64.2 Å². The number of hydrogen-bond donors (Lipinski definition) is 0. The fourth-order valence-electron chi connectivity index (χ4n) is 3.80. The molecular weight excluding hydrogens is 395 g/mol. The Morgan fingerprint density at radius 2 is 2.14 bits per heavy atom. The molecule has 3 aromatic heterocycles. The number of hydrogen-bond acceptors (Lipinski definition) is 4. The number of carbonyl (C=O) groups is 1. The lowest BCUT2D eigenvalue weighted by Gasteiger charge is -2.18. The van der Waals surface area contributed by atoms with E-state index in [9.17, 15) is 9.18 Å². The minimum atomic E-state index is -0.540. The van der Waals surface area contributed by atoms with Gasteiger partial charge in [-0.1, -0.05) is 11.6 Å². The molecule has 1 aliphatic rings. The smallest absolute Gasteiger partial charge is 0.253 e. The number of halogens is 2. The molecule has 1 amide bonds. The van der Waals surface area contributed by atoms with Crippen LogP contribution in [-0.4, -0.2) is 38.4 Å². The fraction of sp³-hybridized carbons (Fsp3) is 0.190. The number of carbonyl (C=O) groups excluding carboxylic acids is 1. The maximum absolute atomic E-state index is 13.4. The largest absolute Gasteiger partial charge is 0.461 e. The van der Waals surface area contributed by atoms with E-state index >= 15 is 0 Å². The third kappa shape index (κ3) is 3.07. The quantitative estimate of drug-likeness (QED) is 0.496. The van der Waals surface area contributed by atoms with Gasteiger partial charge in [-0.05, 0) is 48.9 Å². The number of pyridine rings is 1. The van der Waals surface area contributed by atoms with Crippen LogP contribution >= 0.6 is 11.6 Å². The van der Waals surface area contributed by atoms with E-state index in [4.69, 9.17) is 21.0 Å². The van der Waals surface area contributed by atoms with Crippen molar-refractivity contribution in [1.82, 2.24) is 19.4 Å². The maximum Gasteiger partial charge on any atom is 0.253 e. The Balaban J connectivity index is 1.48. The van der Waals surface area contributed by atoms with E-state index < -0.39 is 5.82 Å². The molecule has 0 saturated carbocycles. The van der Waals surface area contributed by atoms with Crippen molar-refractivity contribution in [3.63, 3.8) is 0 Å². The van der Waals surface area contributed by atoms with Crippen LogP contribution < -0.4 is 0 Å². The summed E-state index contributed by atoms with van der Waals surface area (Å²) >= 11 is 5.84. The van der Waals surface area contributed by atoms with Crippen molar-refractivity contribution in [3.05, 3.63) is 71.3 Å². The first-order valence-electron chi connectivity index (χ1n) is 9.23. The lowest BCUT2D eigenvalue weighted by Crippen LogP contribution is -2.29. The summed E-state index contributed by atoms with van der Waals surface area (Å²) in [5.74, 6) is 0.624. The van der Waals surface area contributed by atoms with Gasteiger partial charge in [0.25, 0.3) is 5.91 Å². The van der Waals surface area contributed by atoms with E-state index in [2.05, 4.69) is 4.98 Å². The van der Waals surface area contributed by atoms with Crippen LogP contribution in [0.5, 0.6) is 0 Å². The highest BCUT2D eigenvalue weighted by Crippen LogP contribution is 2.33. The number of nitrogens with zero attached hydrogens (tertiary/aromatic N) is 4. The number of aromatic nitrogens is 3. The molecule has 0 bridgehead atoms. The van der Waals surface area contributed by atoms with Crippen LogP contribution in [0.1, 0.15) is 22.8 Å². The van der Waals surface area contributed by atoms with Crippen molar-refractivity contribution >= 4 is 28.7 Å². The third-order valence-electron chi connectivity index (χ3n) is 5.17. The number of amides is 1. The van der Waals surface area contributed by atoms with Crippen molar-refractivity contribution in [1.29, 1.82) is 0 Å². The molecule has 5 rings (SSSR count). The molecule has 4 heterocycles. The molecule has 146 valence electrons. The minimum absolute atomic E-state index is 0.00475. The van der Waals surface area contributed by atoms with Gasteiger partial charge in [0.2, 0.25) is 0 Å². The van der Waals surface area contributed by atoms with E-state index in [1.807, 2.05) is 28.8 Å². The normalized spacial score (nSPS) is 16.6. The minimum Gasteiger partial charge on any atom is -0.461 e. The first-order chi connectivity index (χ1) is 14.1. The van der Waals surface area contributed by atoms with Gasteiger partial charge in [0.15, 0.2) is 17.2 Å². The molecule has 6 nitrogen and oxygen atoms in total. The fourth-order valence-corrected chi connectivity index (χ4v) is 3.98. The van der Waals surface area contributed by atoms with Crippen LogP contribution in [0.3, 0.4) is 0 Å². The van der Waals surface area contributed by atoms with Gasteiger partial charge in [0, 0.05) is 24.8 Å². The van der Waals surface area contributed by atoms with Crippen molar-refractivity contribution in [2.24, 2.45) is 0 Å². The summed E-state index contributed by atoms with van der Waals surface area (Å²) in [6.07, 6.45) is 4.08. The standard InChI is InChI=1S/C21H16ClFN4O2/c22-15-11-13(5-6-16(15)23)21(28)26-9-7-14(12-26)27-19-17(3-1-8-24-19)25-20(27)18-4-2-10-29-18/h1-6,8,10-11,14H,7,9,12H2. The molecule has 0 radical (unpaired) electrons. The molecule has 0 spiro atoms. The van der Waals surface area contributed by atoms with Crippen LogP contribution in [0.4, 0.5) is 4.39 Å². The predicted octanol–water partition coefficient (Wildman–Crippen LogP) is 4.57. The Morgan fingerprint density at radius 1 is 1.24 bits per heavy atom. The first-order valence-corrected chi connectivity index (χ1v) is 9.61. The highest BCUT2D eigenvalue weighted by Gasteiger charge is 2.32. The zero-order valence-electron chi connectivity index (χ0n) is 15.3. The van der Waals surface area contributed by atoms with Gasteiger partial charge >= 0.3 is 0 Å². The molecule has 29 heavy (non-hydrogen) atoms. The second-order valence-electron chi connectivity index (χ2n) is 6.95.